The first kappa shape index (κ1) is 14.6. The highest BCUT2D eigenvalue weighted by molar-refractivity contribution is 7.89. The van der Waals surface area contributed by atoms with Crippen LogP contribution in [-0.4, -0.2) is 21.5 Å². The monoisotopic (exact) mass is 286 g/mol. The van der Waals surface area contributed by atoms with E-state index in [1.165, 1.54) is 25.3 Å². The van der Waals surface area contributed by atoms with Gasteiger partial charge in [-0.15, -0.1) is 0 Å². The van der Waals surface area contributed by atoms with Gasteiger partial charge in [-0.1, -0.05) is 26.2 Å². The lowest BCUT2D eigenvalue weighted by Crippen LogP contribution is -2.27. The zero-order chi connectivity index (χ0) is 13.7. The van der Waals surface area contributed by atoms with E-state index in [0.29, 0.717) is 24.8 Å². The van der Waals surface area contributed by atoms with E-state index in [9.17, 15) is 8.42 Å². The van der Waals surface area contributed by atoms with E-state index in [1.54, 1.807) is 6.07 Å². The molecule has 2 rings (SSSR count). The van der Waals surface area contributed by atoms with Crippen molar-refractivity contribution in [3.63, 3.8) is 0 Å². The van der Waals surface area contributed by atoms with E-state index in [4.69, 9.17) is 4.42 Å². The molecule has 1 aliphatic rings. The Morgan fingerprint density at radius 3 is 2.79 bits per heavy atom. The van der Waals surface area contributed by atoms with Gasteiger partial charge in [-0.25, -0.2) is 13.1 Å². The lowest BCUT2D eigenvalue weighted by molar-refractivity contribution is 0.297. The zero-order valence-corrected chi connectivity index (χ0v) is 12.1. The van der Waals surface area contributed by atoms with Gasteiger partial charge in [0.25, 0.3) is 10.0 Å². The molecule has 19 heavy (non-hydrogen) atoms. The molecule has 0 radical (unpaired) electrons. The fraction of sp³-hybridized carbons (Fsp3) is 0.692. The Morgan fingerprint density at radius 2 is 2.16 bits per heavy atom. The third-order valence-electron chi connectivity index (χ3n) is 3.52. The molecule has 108 valence electrons. The number of hydrogen-bond acceptors (Lipinski definition) is 4. The summed E-state index contributed by atoms with van der Waals surface area (Å²) >= 11 is 0. The highest BCUT2D eigenvalue weighted by Crippen LogP contribution is 2.28. The van der Waals surface area contributed by atoms with Crippen molar-refractivity contribution in [2.45, 2.75) is 44.2 Å². The largest absolute Gasteiger partial charge is 0.447 e. The summed E-state index contributed by atoms with van der Waals surface area (Å²) in [5.74, 6) is 1.34. The minimum atomic E-state index is -3.49. The minimum Gasteiger partial charge on any atom is -0.447 e. The average Bonchev–Trinajstić information content (AvgIpc) is 2.79. The summed E-state index contributed by atoms with van der Waals surface area (Å²) in [6, 6.07) is 3.21. The van der Waals surface area contributed by atoms with E-state index < -0.39 is 10.0 Å². The van der Waals surface area contributed by atoms with E-state index in [-0.39, 0.29) is 5.09 Å². The molecule has 1 fully saturated rings. The van der Waals surface area contributed by atoms with Crippen molar-refractivity contribution in [1.29, 1.82) is 0 Å². The first-order valence-corrected chi connectivity index (χ1v) is 8.39. The molecule has 1 aromatic heterocycles. The van der Waals surface area contributed by atoms with Crippen molar-refractivity contribution in [2.24, 2.45) is 5.92 Å². The summed E-state index contributed by atoms with van der Waals surface area (Å²) in [7, 11) is -3.49. The molecule has 0 amide bonds. The molecule has 1 aromatic rings. The highest BCUT2D eigenvalue weighted by Gasteiger charge is 2.21. The van der Waals surface area contributed by atoms with Crippen molar-refractivity contribution in [1.82, 2.24) is 10.0 Å². The number of sulfonamides is 1. The van der Waals surface area contributed by atoms with Gasteiger partial charge in [0, 0.05) is 6.54 Å². The third-order valence-corrected chi connectivity index (χ3v) is 4.85. The summed E-state index contributed by atoms with van der Waals surface area (Å²) in [6.45, 7) is 3.86. The maximum atomic E-state index is 12.0. The molecule has 0 unspecified atom stereocenters. The summed E-state index contributed by atoms with van der Waals surface area (Å²) in [4.78, 5) is 0. The first-order valence-electron chi connectivity index (χ1n) is 6.91. The molecule has 2 N–H and O–H groups in total. The Hall–Kier alpha value is -0.850. The molecule has 6 heteroatoms. The number of furan rings is 1. The van der Waals surface area contributed by atoms with Crippen molar-refractivity contribution >= 4 is 10.0 Å². The number of rotatable bonds is 8. The van der Waals surface area contributed by atoms with Gasteiger partial charge >= 0.3 is 0 Å². The Bertz CT molecular complexity index is 492. The molecule has 0 bridgehead atoms. The quantitative estimate of drug-likeness (QED) is 0.765. The van der Waals surface area contributed by atoms with E-state index in [2.05, 4.69) is 10.0 Å². The number of hydrogen-bond donors (Lipinski definition) is 2. The average molecular weight is 286 g/mol. The highest BCUT2D eigenvalue weighted by atomic mass is 32.2. The molecule has 0 saturated heterocycles. The second kappa shape index (κ2) is 6.54. The van der Waals surface area contributed by atoms with Crippen LogP contribution in [0, 0.1) is 5.92 Å². The predicted molar refractivity (Wildman–Crippen MR) is 73.2 cm³/mol. The predicted octanol–water partition coefficient (Wildman–Crippen LogP) is 1.86. The van der Waals surface area contributed by atoms with Gasteiger partial charge < -0.3 is 9.73 Å². The van der Waals surface area contributed by atoms with Crippen LogP contribution in [0.1, 0.15) is 38.4 Å². The topological polar surface area (TPSA) is 71.3 Å². The molecule has 1 aliphatic carbocycles. The van der Waals surface area contributed by atoms with E-state index in [1.807, 2.05) is 6.92 Å². The maximum absolute atomic E-state index is 12.0. The SMILES string of the molecule is CCNCc1ccc(S(=O)(=O)NCCC2CCC2)o1. The lowest BCUT2D eigenvalue weighted by atomic mass is 9.83. The second-order valence-corrected chi connectivity index (χ2v) is 6.68. The third kappa shape index (κ3) is 4.06. The Morgan fingerprint density at radius 1 is 1.37 bits per heavy atom. The van der Waals surface area contributed by atoms with Crippen molar-refractivity contribution in [2.75, 3.05) is 13.1 Å². The minimum absolute atomic E-state index is 0.00834. The Labute approximate surface area is 114 Å². The summed E-state index contributed by atoms with van der Waals surface area (Å²) in [6.07, 6.45) is 4.66. The van der Waals surface area contributed by atoms with Crippen LogP contribution in [0.3, 0.4) is 0 Å². The van der Waals surface area contributed by atoms with Crippen LogP contribution in [-0.2, 0) is 16.6 Å². The van der Waals surface area contributed by atoms with Gasteiger partial charge in [0.1, 0.15) is 5.76 Å². The second-order valence-electron chi connectivity index (χ2n) is 4.98. The Balaban J connectivity index is 1.85. The summed E-state index contributed by atoms with van der Waals surface area (Å²) in [5.41, 5.74) is 0. The standard InChI is InChI=1S/C13H22N2O3S/c1-2-14-10-12-6-7-13(18-12)19(16,17)15-9-8-11-4-3-5-11/h6-7,11,14-15H,2-5,8-10H2,1H3. The molecule has 1 saturated carbocycles. The fourth-order valence-corrected chi connectivity index (χ4v) is 3.09. The van der Waals surface area contributed by atoms with Gasteiger partial charge in [-0.05, 0) is 31.0 Å². The Kier molecular flexibility index (Phi) is 5.01. The summed E-state index contributed by atoms with van der Waals surface area (Å²) < 4.78 is 31.9. The van der Waals surface area contributed by atoms with Crippen LogP contribution < -0.4 is 10.0 Å². The van der Waals surface area contributed by atoms with Crippen LogP contribution in [0.15, 0.2) is 21.6 Å². The van der Waals surface area contributed by atoms with Gasteiger partial charge in [0.15, 0.2) is 0 Å². The molecular formula is C13H22N2O3S. The number of nitrogens with one attached hydrogen (secondary N) is 2. The summed E-state index contributed by atoms with van der Waals surface area (Å²) in [5, 5.41) is 3.10. The zero-order valence-electron chi connectivity index (χ0n) is 11.3. The molecule has 0 spiro atoms. The van der Waals surface area contributed by atoms with Gasteiger partial charge in [-0.3, -0.25) is 0 Å². The van der Waals surface area contributed by atoms with Gasteiger partial charge in [0.05, 0.1) is 6.54 Å². The molecule has 1 heterocycles. The van der Waals surface area contributed by atoms with E-state index in [0.717, 1.165) is 13.0 Å². The van der Waals surface area contributed by atoms with Crippen LogP contribution in [0.5, 0.6) is 0 Å². The van der Waals surface area contributed by atoms with Crippen LogP contribution in [0.4, 0.5) is 0 Å². The molecule has 0 atom stereocenters. The van der Waals surface area contributed by atoms with Crippen LogP contribution in [0.2, 0.25) is 0 Å². The molecule has 0 aromatic carbocycles. The molecule has 5 nitrogen and oxygen atoms in total. The maximum Gasteiger partial charge on any atom is 0.273 e. The lowest BCUT2D eigenvalue weighted by Gasteiger charge is -2.24. The van der Waals surface area contributed by atoms with Crippen molar-refractivity contribution < 1.29 is 12.8 Å². The van der Waals surface area contributed by atoms with Crippen molar-refractivity contribution in [3.05, 3.63) is 17.9 Å². The normalized spacial score (nSPS) is 16.5. The van der Waals surface area contributed by atoms with Crippen molar-refractivity contribution in [3.8, 4) is 0 Å². The van der Waals surface area contributed by atoms with Gasteiger partial charge in [0.2, 0.25) is 5.09 Å². The smallest absolute Gasteiger partial charge is 0.273 e. The molecular weight excluding hydrogens is 264 g/mol. The fourth-order valence-electron chi connectivity index (χ4n) is 2.10. The van der Waals surface area contributed by atoms with Crippen LogP contribution >= 0.6 is 0 Å². The van der Waals surface area contributed by atoms with E-state index >= 15 is 0 Å². The van der Waals surface area contributed by atoms with Crippen LogP contribution in [0.25, 0.3) is 0 Å². The van der Waals surface area contributed by atoms with Gasteiger partial charge in [-0.2, -0.15) is 0 Å². The first-order chi connectivity index (χ1) is 9.12. The molecule has 0 aliphatic heterocycles.